The second-order valence-corrected chi connectivity index (χ2v) is 9.04. The van der Waals surface area contributed by atoms with E-state index in [9.17, 15) is 0 Å². The fourth-order valence-corrected chi connectivity index (χ4v) is 5.27. The van der Waals surface area contributed by atoms with Crippen molar-refractivity contribution in [2.75, 3.05) is 13.7 Å². The average Bonchev–Trinajstić information content (AvgIpc) is 2.67. The van der Waals surface area contributed by atoms with Crippen molar-refractivity contribution in [1.82, 2.24) is 0 Å². The summed E-state index contributed by atoms with van der Waals surface area (Å²) in [6.07, 6.45) is 0.834. The molecular weight excluding hydrogens is 343 g/mol. The number of hydrogen-bond acceptors (Lipinski definition) is 1. The van der Waals surface area contributed by atoms with Crippen LogP contribution in [0.2, 0.25) is 0 Å². The normalized spacial score (nSPS) is 12.2. The summed E-state index contributed by atoms with van der Waals surface area (Å²) in [5.41, 5.74) is 3.42. The first-order valence-corrected chi connectivity index (χ1v) is 10.3. The molecule has 0 N–H and O–H groups in total. The van der Waals surface area contributed by atoms with E-state index in [2.05, 4.69) is 0 Å². The number of aryl methyl sites for hydroxylation is 2. The molecule has 3 heteroatoms. The van der Waals surface area contributed by atoms with Crippen LogP contribution in [0.25, 0.3) is 0 Å². The highest BCUT2D eigenvalue weighted by Gasteiger charge is 2.30. The molecule has 0 amide bonds. The summed E-state index contributed by atoms with van der Waals surface area (Å²) in [6, 6.07) is 23.5. The number of methoxy groups -OCH3 is 1. The molecule has 0 heterocycles. The van der Waals surface area contributed by atoms with E-state index in [1.54, 1.807) is 7.11 Å². The molecule has 0 saturated heterocycles. The molecule has 0 saturated carbocycles. The van der Waals surface area contributed by atoms with Gasteiger partial charge >= 0.3 is 0 Å². The van der Waals surface area contributed by atoms with Crippen molar-refractivity contribution in [3.63, 3.8) is 0 Å². The molecule has 26 heavy (non-hydrogen) atoms. The van der Waals surface area contributed by atoms with Crippen molar-refractivity contribution in [3.8, 4) is 0 Å². The molecule has 0 aliphatic heterocycles. The first-order valence-electron chi connectivity index (χ1n) is 8.78. The summed E-state index contributed by atoms with van der Waals surface area (Å²) in [7, 11) is -1.08. The number of rotatable bonds is 6. The van der Waals surface area contributed by atoms with Crippen LogP contribution in [0.15, 0.2) is 87.5 Å². The first kappa shape index (κ1) is 18.7. The number of hydrogen-bond donors (Lipinski definition) is 0. The quantitative estimate of drug-likeness (QED) is 0.473. The van der Waals surface area contributed by atoms with E-state index >= 15 is 3.89 Å². The van der Waals surface area contributed by atoms with Gasteiger partial charge in [-0.1, -0.05) is 47.5 Å². The molecule has 0 radical (unpaired) electrons. The third-order valence-corrected chi connectivity index (χ3v) is 7.30. The highest BCUT2D eigenvalue weighted by Crippen LogP contribution is 2.69. The first-order chi connectivity index (χ1) is 12.5. The lowest BCUT2D eigenvalue weighted by atomic mass is 10.2. The molecule has 0 unspecified atom stereocenters. The highest BCUT2D eigenvalue weighted by molar-refractivity contribution is 8.29. The second-order valence-electron chi connectivity index (χ2n) is 6.55. The summed E-state index contributed by atoms with van der Waals surface area (Å²) in [5, 5.41) is 0. The predicted octanol–water partition coefficient (Wildman–Crippen LogP) is 6.66. The van der Waals surface area contributed by atoms with Crippen molar-refractivity contribution < 1.29 is 8.62 Å². The Morgan fingerprint density at radius 2 is 1.08 bits per heavy atom. The van der Waals surface area contributed by atoms with Crippen LogP contribution in [0.5, 0.6) is 0 Å². The molecule has 0 bridgehead atoms. The van der Waals surface area contributed by atoms with Gasteiger partial charge in [0.05, 0.1) is 6.61 Å². The minimum absolute atomic E-state index is 0.670. The molecule has 3 aromatic carbocycles. The second kappa shape index (κ2) is 8.07. The van der Waals surface area contributed by atoms with Crippen LogP contribution in [0.4, 0.5) is 3.89 Å². The summed E-state index contributed by atoms with van der Waals surface area (Å²) in [5.74, 6) is 0. The molecule has 0 fully saturated rings. The number of halogens is 1. The van der Waals surface area contributed by atoms with Crippen LogP contribution in [-0.2, 0) is 11.2 Å². The Morgan fingerprint density at radius 1 is 0.692 bits per heavy atom. The molecule has 0 spiro atoms. The SMILES string of the molecule is COCCc1ccc(S(F)(c2ccc(C)cc2)c2ccc(C)cc2)cc1. The Morgan fingerprint density at radius 3 is 1.46 bits per heavy atom. The maximum Gasteiger partial charge on any atom is 0.0502 e. The fraction of sp³-hybridized carbons (Fsp3) is 0.217. The zero-order valence-electron chi connectivity index (χ0n) is 15.5. The molecule has 3 aromatic rings. The van der Waals surface area contributed by atoms with E-state index in [1.807, 2.05) is 86.6 Å². The Balaban J connectivity index is 2.08. The Bertz CT molecular complexity index is 793. The van der Waals surface area contributed by atoms with Gasteiger partial charge in [0, 0.05) is 21.8 Å². The third kappa shape index (κ3) is 3.84. The molecular formula is C23H25FOS. The maximum absolute atomic E-state index is 16.7. The summed E-state index contributed by atoms with van der Waals surface area (Å²) >= 11 is 0. The van der Waals surface area contributed by atoms with E-state index in [0.29, 0.717) is 6.61 Å². The lowest BCUT2D eigenvalue weighted by Gasteiger charge is -2.32. The van der Waals surface area contributed by atoms with Gasteiger partial charge in [-0.25, -0.2) is 0 Å². The van der Waals surface area contributed by atoms with Gasteiger partial charge in [-0.3, -0.25) is 0 Å². The van der Waals surface area contributed by atoms with Crippen LogP contribution >= 0.6 is 10.4 Å². The van der Waals surface area contributed by atoms with Crippen molar-refractivity contribution in [2.45, 2.75) is 35.0 Å². The van der Waals surface area contributed by atoms with E-state index in [-0.39, 0.29) is 0 Å². The van der Waals surface area contributed by atoms with Gasteiger partial charge in [-0.2, -0.15) is 3.89 Å². The fourth-order valence-electron chi connectivity index (χ4n) is 2.92. The van der Waals surface area contributed by atoms with Crippen molar-refractivity contribution in [2.24, 2.45) is 0 Å². The Kier molecular flexibility index (Phi) is 5.80. The lowest BCUT2D eigenvalue weighted by molar-refractivity contribution is 0.202. The van der Waals surface area contributed by atoms with Crippen molar-refractivity contribution in [1.29, 1.82) is 0 Å². The molecule has 0 aliphatic carbocycles. The highest BCUT2D eigenvalue weighted by atomic mass is 32.3. The predicted molar refractivity (Wildman–Crippen MR) is 108 cm³/mol. The molecule has 136 valence electrons. The Labute approximate surface area is 157 Å². The van der Waals surface area contributed by atoms with Gasteiger partial charge in [0.25, 0.3) is 0 Å². The maximum atomic E-state index is 16.7. The van der Waals surface area contributed by atoms with Crippen molar-refractivity contribution in [3.05, 3.63) is 89.5 Å². The molecule has 3 rings (SSSR count). The molecule has 0 aliphatic rings. The molecule has 0 atom stereocenters. The monoisotopic (exact) mass is 368 g/mol. The van der Waals surface area contributed by atoms with Crippen LogP contribution in [-0.4, -0.2) is 13.7 Å². The summed E-state index contributed by atoms with van der Waals surface area (Å²) in [6.45, 7) is 4.72. The molecule has 1 nitrogen and oxygen atoms in total. The van der Waals surface area contributed by atoms with E-state index in [1.165, 1.54) is 0 Å². The van der Waals surface area contributed by atoms with Crippen molar-refractivity contribution >= 4 is 10.4 Å². The van der Waals surface area contributed by atoms with Gasteiger partial charge in [0.15, 0.2) is 0 Å². The average molecular weight is 369 g/mol. The Hall–Kier alpha value is -2.10. The number of ether oxygens (including phenoxy) is 1. The molecule has 0 aromatic heterocycles. The summed E-state index contributed by atoms with van der Waals surface area (Å²) < 4.78 is 21.8. The van der Waals surface area contributed by atoms with Gasteiger partial charge in [-0.15, -0.1) is 0 Å². The van der Waals surface area contributed by atoms with Gasteiger partial charge < -0.3 is 4.74 Å². The van der Waals surface area contributed by atoms with Crippen LogP contribution in [0.3, 0.4) is 0 Å². The van der Waals surface area contributed by atoms with Gasteiger partial charge in [-0.05, 0) is 72.6 Å². The van der Waals surface area contributed by atoms with Crippen LogP contribution in [0, 0.1) is 13.8 Å². The van der Waals surface area contributed by atoms with E-state index in [4.69, 9.17) is 4.74 Å². The lowest BCUT2D eigenvalue weighted by Crippen LogP contribution is -1.99. The summed E-state index contributed by atoms with van der Waals surface area (Å²) in [4.78, 5) is 2.19. The standard InChI is InChI=1S/C23H25FOS/c1-18-4-10-21(11-5-18)26(24,22-12-6-19(2)7-13-22)23-14-8-20(9-15-23)16-17-25-3/h4-15H,16-17H2,1-3H3. The van der Waals surface area contributed by atoms with E-state index < -0.39 is 10.4 Å². The van der Waals surface area contributed by atoms with Crippen LogP contribution in [0.1, 0.15) is 16.7 Å². The zero-order chi connectivity index (χ0) is 18.6. The van der Waals surface area contributed by atoms with Gasteiger partial charge in [0.2, 0.25) is 0 Å². The zero-order valence-corrected chi connectivity index (χ0v) is 16.4. The smallest absolute Gasteiger partial charge is 0.0502 e. The topological polar surface area (TPSA) is 9.23 Å². The third-order valence-electron chi connectivity index (χ3n) is 4.53. The van der Waals surface area contributed by atoms with Crippen LogP contribution < -0.4 is 0 Å². The largest absolute Gasteiger partial charge is 0.384 e. The van der Waals surface area contributed by atoms with Gasteiger partial charge in [0.1, 0.15) is 0 Å². The minimum atomic E-state index is -2.78. The minimum Gasteiger partial charge on any atom is -0.384 e. The number of benzene rings is 3. The van der Waals surface area contributed by atoms with E-state index in [0.717, 1.165) is 37.8 Å².